The first kappa shape index (κ1) is 16.1. The van der Waals surface area contributed by atoms with Gasteiger partial charge in [0.1, 0.15) is 5.75 Å². The molecule has 0 amide bonds. The highest BCUT2D eigenvalue weighted by Crippen LogP contribution is 2.30. The lowest BCUT2D eigenvalue weighted by molar-refractivity contribution is 0.397. The van der Waals surface area contributed by atoms with Gasteiger partial charge in [-0.15, -0.1) is 0 Å². The van der Waals surface area contributed by atoms with Crippen molar-refractivity contribution < 1.29 is 4.74 Å². The van der Waals surface area contributed by atoms with E-state index in [-0.39, 0.29) is 6.04 Å². The Labute approximate surface area is 135 Å². The minimum absolute atomic E-state index is 0.103. The molecule has 112 valence electrons. The maximum absolute atomic E-state index is 6.28. The molecular weight excluding hydrogens is 307 g/mol. The van der Waals surface area contributed by atoms with Crippen LogP contribution in [0.1, 0.15) is 24.1 Å². The maximum atomic E-state index is 6.28. The first-order valence-electron chi connectivity index (χ1n) is 6.81. The normalized spacial score (nSPS) is 12.2. The van der Waals surface area contributed by atoms with Gasteiger partial charge in [0, 0.05) is 27.8 Å². The van der Waals surface area contributed by atoms with E-state index in [1.165, 1.54) is 0 Å². The summed E-state index contributed by atoms with van der Waals surface area (Å²) in [5.74, 6) is 0.772. The van der Waals surface area contributed by atoms with Crippen LogP contribution in [0.4, 0.5) is 0 Å². The molecule has 1 N–H and O–H groups in total. The second-order valence-electron chi connectivity index (χ2n) is 4.67. The molecule has 0 spiro atoms. The summed E-state index contributed by atoms with van der Waals surface area (Å²) in [5.41, 5.74) is 2.12. The maximum Gasteiger partial charge on any atom is 0.141 e. The molecule has 1 aromatic heterocycles. The summed E-state index contributed by atoms with van der Waals surface area (Å²) < 4.78 is 5.40. The van der Waals surface area contributed by atoms with Crippen molar-refractivity contribution in [3.8, 4) is 5.75 Å². The Morgan fingerprint density at radius 2 is 2.10 bits per heavy atom. The van der Waals surface area contributed by atoms with E-state index < -0.39 is 0 Å². The zero-order valence-electron chi connectivity index (χ0n) is 12.1. The summed E-state index contributed by atoms with van der Waals surface area (Å²) >= 11 is 12.2. The van der Waals surface area contributed by atoms with Crippen LogP contribution in [0.5, 0.6) is 5.75 Å². The van der Waals surface area contributed by atoms with Gasteiger partial charge in [0.15, 0.2) is 0 Å². The summed E-state index contributed by atoms with van der Waals surface area (Å²) in [6.07, 6.45) is 4.25. The molecule has 1 atom stereocenters. The van der Waals surface area contributed by atoms with Crippen LogP contribution in [0, 0.1) is 0 Å². The molecule has 0 fully saturated rings. The van der Waals surface area contributed by atoms with E-state index in [2.05, 4.69) is 17.2 Å². The molecule has 0 aliphatic rings. The van der Waals surface area contributed by atoms with E-state index in [0.29, 0.717) is 10.0 Å². The first-order valence-corrected chi connectivity index (χ1v) is 7.56. The lowest BCUT2D eigenvalue weighted by atomic mass is 9.99. The molecule has 0 saturated carbocycles. The zero-order chi connectivity index (χ0) is 15.2. The molecule has 0 radical (unpaired) electrons. The molecule has 21 heavy (non-hydrogen) atoms. The van der Waals surface area contributed by atoms with Crippen LogP contribution in [0.2, 0.25) is 10.0 Å². The van der Waals surface area contributed by atoms with Crippen LogP contribution in [0.3, 0.4) is 0 Å². The van der Waals surface area contributed by atoms with Crippen molar-refractivity contribution in [1.29, 1.82) is 0 Å². The fraction of sp³-hybridized carbons (Fsp3) is 0.312. The molecule has 0 saturated heterocycles. The van der Waals surface area contributed by atoms with Crippen molar-refractivity contribution in [3.63, 3.8) is 0 Å². The van der Waals surface area contributed by atoms with Gasteiger partial charge in [0.2, 0.25) is 0 Å². The monoisotopic (exact) mass is 324 g/mol. The molecule has 2 rings (SSSR count). The predicted octanol–water partition coefficient (Wildman–Crippen LogP) is 4.29. The topological polar surface area (TPSA) is 34.2 Å². The number of ether oxygens (including phenoxy) is 1. The van der Waals surface area contributed by atoms with Crippen molar-refractivity contribution in [2.75, 3.05) is 13.7 Å². The number of benzene rings is 1. The average Bonchev–Trinajstić information content (AvgIpc) is 2.49. The van der Waals surface area contributed by atoms with Crippen molar-refractivity contribution >= 4 is 23.2 Å². The summed E-state index contributed by atoms with van der Waals surface area (Å²) in [4.78, 5) is 4.10. The Hall–Kier alpha value is -1.29. The number of methoxy groups -OCH3 is 1. The van der Waals surface area contributed by atoms with Gasteiger partial charge in [-0.2, -0.15) is 0 Å². The summed E-state index contributed by atoms with van der Waals surface area (Å²) in [6.45, 7) is 2.92. The number of pyridine rings is 1. The number of hydrogen-bond donors (Lipinski definition) is 1. The largest absolute Gasteiger partial charge is 0.495 e. The number of halogens is 2. The van der Waals surface area contributed by atoms with Crippen LogP contribution in [-0.4, -0.2) is 18.6 Å². The highest BCUT2D eigenvalue weighted by molar-refractivity contribution is 6.35. The predicted molar refractivity (Wildman–Crippen MR) is 87.4 cm³/mol. The SMILES string of the molecule is CCNC(Cc1ccc(Cl)cc1Cl)c1ccncc1OC. The van der Waals surface area contributed by atoms with E-state index in [0.717, 1.165) is 29.8 Å². The molecule has 0 aliphatic heterocycles. The van der Waals surface area contributed by atoms with Gasteiger partial charge in [-0.3, -0.25) is 4.98 Å². The second-order valence-corrected chi connectivity index (χ2v) is 5.51. The van der Waals surface area contributed by atoms with Crippen LogP contribution in [-0.2, 0) is 6.42 Å². The third-order valence-corrected chi connectivity index (χ3v) is 3.89. The molecule has 1 aromatic carbocycles. The summed E-state index contributed by atoms with van der Waals surface area (Å²) in [7, 11) is 1.65. The van der Waals surface area contributed by atoms with Crippen molar-refractivity contribution in [2.45, 2.75) is 19.4 Å². The molecule has 2 aromatic rings. The highest BCUT2D eigenvalue weighted by Gasteiger charge is 2.17. The third kappa shape index (κ3) is 4.10. The molecular formula is C16H18Cl2N2O. The van der Waals surface area contributed by atoms with Crippen molar-refractivity contribution in [3.05, 3.63) is 57.8 Å². The van der Waals surface area contributed by atoms with Gasteiger partial charge >= 0.3 is 0 Å². The first-order chi connectivity index (χ1) is 10.2. The molecule has 0 bridgehead atoms. The van der Waals surface area contributed by atoms with Crippen LogP contribution < -0.4 is 10.1 Å². The number of nitrogens with zero attached hydrogens (tertiary/aromatic N) is 1. The molecule has 1 heterocycles. The van der Waals surface area contributed by atoms with Gasteiger partial charge in [0.25, 0.3) is 0 Å². The van der Waals surface area contributed by atoms with Crippen LogP contribution >= 0.6 is 23.2 Å². The molecule has 0 aliphatic carbocycles. The Kier molecular flexibility index (Phi) is 5.85. The van der Waals surface area contributed by atoms with E-state index in [1.807, 2.05) is 18.2 Å². The number of hydrogen-bond acceptors (Lipinski definition) is 3. The summed E-state index contributed by atoms with van der Waals surface area (Å²) in [5, 5.41) is 4.79. The number of aromatic nitrogens is 1. The minimum atomic E-state index is 0.103. The van der Waals surface area contributed by atoms with Crippen LogP contribution in [0.15, 0.2) is 36.7 Å². The Bertz CT molecular complexity index is 605. The second kappa shape index (κ2) is 7.64. The average molecular weight is 325 g/mol. The van der Waals surface area contributed by atoms with E-state index in [4.69, 9.17) is 27.9 Å². The Morgan fingerprint density at radius 3 is 2.76 bits per heavy atom. The van der Waals surface area contributed by atoms with Gasteiger partial charge < -0.3 is 10.1 Å². The van der Waals surface area contributed by atoms with Gasteiger partial charge in [0.05, 0.1) is 13.3 Å². The number of rotatable bonds is 6. The molecule has 1 unspecified atom stereocenters. The van der Waals surface area contributed by atoms with Crippen molar-refractivity contribution in [2.24, 2.45) is 0 Å². The standard InChI is InChI=1S/C16H18Cl2N2O/c1-3-20-15(13-6-7-19-10-16(13)21-2)8-11-4-5-12(17)9-14(11)18/h4-7,9-10,15,20H,3,8H2,1-2H3. The minimum Gasteiger partial charge on any atom is -0.495 e. The Morgan fingerprint density at radius 1 is 1.29 bits per heavy atom. The third-order valence-electron chi connectivity index (χ3n) is 3.30. The molecule has 3 nitrogen and oxygen atoms in total. The van der Waals surface area contributed by atoms with Gasteiger partial charge in [-0.1, -0.05) is 36.2 Å². The van der Waals surface area contributed by atoms with Gasteiger partial charge in [-0.05, 0) is 36.7 Å². The van der Waals surface area contributed by atoms with Crippen LogP contribution in [0.25, 0.3) is 0 Å². The smallest absolute Gasteiger partial charge is 0.141 e. The fourth-order valence-corrected chi connectivity index (χ4v) is 2.78. The lowest BCUT2D eigenvalue weighted by Crippen LogP contribution is -2.23. The zero-order valence-corrected chi connectivity index (χ0v) is 13.6. The Balaban J connectivity index is 2.30. The quantitative estimate of drug-likeness (QED) is 0.860. The van der Waals surface area contributed by atoms with E-state index >= 15 is 0 Å². The summed E-state index contributed by atoms with van der Waals surface area (Å²) in [6, 6.07) is 7.66. The van der Waals surface area contributed by atoms with E-state index in [9.17, 15) is 0 Å². The van der Waals surface area contributed by atoms with E-state index in [1.54, 1.807) is 25.6 Å². The number of nitrogens with one attached hydrogen (secondary N) is 1. The highest BCUT2D eigenvalue weighted by atomic mass is 35.5. The molecule has 5 heteroatoms. The van der Waals surface area contributed by atoms with Crippen molar-refractivity contribution in [1.82, 2.24) is 10.3 Å². The lowest BCUT2D eigenvalue weighted by Gasteiger charge is -2.21. The van der Waals surface area contributed by atoms with Gasteiger partial charge in [-0.25, -0.2) is 0 Å². The fourth-order valence-electron chi connectivity index (χ4n) is 2.29. The number of likely N-dealkylation sites (N-methyl/N-ethyl adjacent to an activating group) is 1.